The third-order valence-electron chi connectivity index (χ3n) is 5.59. The Bertz CT molecular complexity index is 967. The lowest BCUT2D eigenvalue weighted by molar-refractivity contribution is 0.255. The summed E-state index contributed by atoms with van der Waals surface area (Å²) >= 11 is 0. The first kappa shape index (κ1) is 17.4. The first-order valence-electron chi connectivity index (χ1n) is 10.0. The van der Waals surface area contributed by atoms with Crippen molar-refractivity contribution in [2.24, 2.45) is 4.99 Å². The lowest BCUT2D eigenvalue weighted by Gasteiger charge is -2.30. The lowest BCUT2D eigenvalue weighted by Crippen LogP contribution is -2.34. The molecule has 1 N–H and O–H groups in total. The number of phenols is 1. The number of ether oxygens (including phenoxy) is 1. The van der Waals surface area contributed by atoms with Crippen molar-refractivity contribution in [3.63, 3.8) is 0 Å². The minimum Gasteiger partial charge on any atom is -0.508 e. The van der Waals surface area contributed by atoms with Crippen LogP contribution in [0.5, 0.6) is 11.5 Å². The van der Waals surface area contributed by atoms with Gasteiger partial charge in [-0.15, -0.1) is 0 Å². The number of phenolic OH excluding ortho intramolecular Hbond substituents is 1. The van der Waals surface area contributed by atoms with Gasteiger partial charge in [0.15, 0.2) is 5.82 Å². The molecule has 28 heavy (non-hydrogen) atoms. The van der Waals surface area contributed by atoms with Gasteiger partial charge in [-0.25, -0.2) is 9.97 Å². The standard InChI is InChI=1S/C22H24N4O2/c27-18-4-5-21-16(10-18)9-15(14-28-21)12-26-8-6-19-17(13-26)11-24-22(25-19)20-3-1-2-7-23-20/h4-5,9-11,27H,1-3,6-8,12-14H2. The molecular weight excluding hydrogens is 352 g/mol. The average molecular weight is 376 g/mol. The number of fused-ring (bicyclic) bond motifs is 2. The fourth-order valence-corrected chi connectivity index (χ4v) is 4.12. The average Bonchev–Trinajstić information content (AvgIpc) is 2.74. The summed E-state index contributed by atoms with van der Waals surface area (Å²) in [5.74, 6) is 1.92. The summed E-state index contributed by atoms with van der Waals surface area (Å²) in [5, 5.41) is 9.70. The van der Waals surface area contributed by atoms with E-state index in [0.717, 1.165) is 61.9 Å². The van der Waals surface area contributed by atoms with E-state index in [1.54, 1.807) is 12.1 Å². The van der Waals surface area contributed by atoms with Crippen LogP contribution in [-0.2, 0) is 13.0 Å². The molecule has 1 aromatic heterocycles. The predicted molar refractivity (Wildman–Crippen MR) is 108 cm³/mol. The molecule has 0 atom stereocenters. The van der Waals surface area contributed by atoms with Crippen LogP contribution in [0.25, 0.3) is 6.08 Å². The Hall–Kier alpha value is -2.73. The number of aliphatic imine (C=N–C) groups is 1. The molecule has 6 heteroatoms. The number of hydrogen-bond acceptors (Lipinski definition) is 6. The van der Waals surface area contributed by atoms with Crippen molar-refractivity contribution in [2.75, 3.05) is 26.2 Å². The Labute approximate surface area is 164 Å². The van der Waals surface area contributed by atoms with Gasteiger partial charge in [-0.1, -0.05) is 0 Å². The van der Waals surface area contributed by atoms with Gasteiger partial charge in [0, 0.05) is 49.9 Å². The zero-order valence-electron chi connectivity index (χ0n) is 15.9. The molecule has 5 rings (SSSR count). The van der Waals surface area contributed by atoms with Gasteiger partial charge in [-0.2, -0.15) is 0 Å². The van der Waals surface area contributed by atoms with Crippen molar-refractivity contribution in [1.29, 1.82) is 0 Å². The summed E-state index contributed by atoms with van der Waals surface area (Å²) in [4.78, 5) is 16.4. The summed E-state index contributed by atoms with van der Waals surface area (Å²) < 4.78 is 5.84. The molecule has 3 aliphatic rings. The summed E-state index contributed by atoms with van der Waals surface area (Å²) in [5.41, 5.74) is 5.61. The smallest absolute Gasteiger partial charge is 0.173 e. The first-order chi connectivity index (χ1) is 13.7. The van der Waals surface area contributed by atoms with Crippen LogP contribution < -0.4 is 4.74 Å². The highest BCUT2D eigenvalue weighted by molar-refractivity contribution is 5.97. The van der Waals surface area contributed by atoms with Crippen molar-refractivity contribution in [1.82, 2.24) is 14.9 Å². The van der Waals surface area contributed by atoms with Crippen molar-refractivity contribution in [2.45, 2.75) is 32.2 Å². The van der Waals surface area contributed by atoms with Crippen molar-refractivity contribution in [3.8, 4) is 11.5 Å². The second-order valence-corrected chi connectivity index (χ2v) is 7.73. The van der Waals surface area contributed by atoms with Crippen molar-refractivity contribution >= 4 is 11.8 Å². The third kappa shape index (κ3) is 3.52. The van der Waals surface area contributed by atoms with Gasteiger partial charge in [-0.3, -0.25) is 9.89 Å². The highest BCUT2D eigenvalue weighted by Crippen LogP contribution is 2.30. The first-order valence-corrected chi connectivity index (χ1v) is 10.0. The molecule has 2 aromatic rings. The van der Waals surface area contributed by atoms with E-state index >= 15 is 0 Å². The van der Waals surface area contributed by atoms with Gasteiger partial charge in [-0.05, 0) is 49.1 Å². The van der Waals surface area contributed by atoms with Crippen LogP contribution in [0.4, 0.5) is 0 Å². The summed E-state index contributed by atoms with van der Waals surface area (Å²) in [6.45, 7) is 4.17. The monoisotopic (exact) mass is 376 g/mol. The predicted octanol–water partition coefficient (Wildman–Crippen LogP) is 2.99. The maximum absolute atomic E-state index is 9.70. The SMILES string of the molecule is Oc1ccc2c(c1)C=C(CN1CCc3nc(C4=NCCCC4)ncc3C1)CO2. The van der Waals surface area contributed by atoms with Crippen LogP contribution in [-0.4, -0.2) is 51.9 Å². The maximum atomic E-state index is 9.70. The van der Waals surface area contributed by atoms with E-state index in [2.05, 4.69) is 21.0 Å². The van der Waals surface area contributed by atoms with Crippen molar-refractivity contribution < 1.29 is 9.84 Å². The number of hydrogen-bond donors (Lipinski definition) is 1. The van der Waals surface area contributed by atoms with Crippen LogP contribution in [0.15, 0.2) is 35.0 Å². The Morgan fingerprint density at radius 3 is 3.04 bits per heavy atom. The molecule has 0 unspecified atom stereocenters. The molecule has 6 nitrogen and oxygen atoms in total. The molecule has 3 aliphatic heterocycles. The molecule has 0 saturated carbocycles. The van der Waals surface area contributed by atoms with Gasteiger partial charge in [0.1, 0.15) is 18.1 Å². The summed E-state index contributed by atoms with van der Waals surface area (Å²) in [7, 11) is 0. The van der Waals surface area contributed by atoms with Gasteiger partial charge >= 0.3 is 0 Å². The van der Waals surface area contributed by atoms with E-state index in [0.29, 0.717) is 6.61 Å². The Morgan fingerprint density at radius 2 is 2.14 bits per heavy atom. The van der Waals surface area contributed by atoms with E-state index < -0.39 is 0 Å². The zero-order chi connectivity index (χ0) is 18.9. The quantitative estimate of drug-likeness (QED) is 0.892. The number of aromatic hydroxyl groups is 1. The largest absolute Gasteiger partial charge is 0.508 e. The van der Waals surface area contributed by atoms with Gasteiger partial charge in [0.2, 0.25) is 0 Å². The fourth-order valence-electron chi connectivity index (χ4n) is 4.12. The second-order valence-electron chi connectivity index (χ2n) is 7.73. The fraction of sp³-hybridized carbons (Fsp3) is 0.409. The molecular formula is C22H24N4O2. The molecule has 0 amide bonds. The van der Waals surface area contributed by atoms with E-state index in [1.807, 2.05) is 12.3 Å². The van der Waals surface area contributed by atoms with Crippen molar-refractivity contribution in [3.05, 3.63) is 52.6 Å². The number of rotatable bonds is 3. The molecule has 0 saturated heterocycles. The normalized spacial score (nSPS) is 19.1. The molecule has 0 aliphatic carbocycles. The van der Waals surface area contributed by atoms with Gasteiger partial charge in [0.05, 0.1) is 11.4 Å². The number of nitrogens with zero attached hydrogens (tertiary/aromatic N) is 4. The molecule has 0 spiro atoms. The zero-order valence-corrected chi connectivity index (χ0v) is 15.9. The maximum Gasteiger partial charge on any atom is 0.173 e. The third-order valence-corrected chi connectivity index (χ3v) is 5.59. The number of aromatic nitrogens is 2. The molecule has 0 fully saturated rings. The Balaban J connectivity index is 1.29. The van der Waals surface area contributed by atoms with Crippen LogP contribution in [0.3, 0.4) is 0 Å². The summed E-state index contributed by atoms with van der Waals surface area (Å²) in [6, 6.07) is 5.23. The molecule has 1 aromatic carbocycles. The van der Waals surface area contributed by atoms with Crippen LogP contribution >= 0.6 is 0 Å². The molecule has 0 radical (unpaired) electrons. The molecule has 0 bridgehead atoms. The van der Waals surface area contributed by atoms with E-state index in [1.165, 1.54) is 29.7 Å². The number of benzene rings is 1. The highest BCUT2D eigenvalue weighted by atomic mass is 16.5. The topological polar surface area (TPSA) is 70.8 Å². The Morgan fingerprint density at radius 1 is 1.18 bits per heavy atom. The lowest BCUT2D eigenvalue weighted by atomic mass is 10.0. The Kier molecular flexibility index (Phi) is 4.56. The van der Waals surface area contributed by atoms with E-state index in [-0.39, 0.29) is 5.75 Å². The van der Waals surface area contributed by atoms with Crippen LogP contribution in [0, 0.1) is 0 Å². The second kappa shape index (κ2) is 7.36. The summed E-state index contributed by atoms with van der Waals surface area (Å²) in [6.07, 6.45) is 8.41. The molecule has 4 heterocycles. The molecule has 144 valence electrons. The van der Waals surface area contributed by atoms with Gasteiger partial charge in [0.25, 0.3) is 0 Å². The van der Waals surface area contributed by atoms with E-state index in [9.17, 15) is 5.11 Å². The minimum atomic E-state index is 0.266. The van der Waals surface area contributed by atoms with Crippen LogP contribution in [0.1, 0.15) is 41.9 Å². The van der Waals surface area contributed by atoms with Gasteiger partial charge < -0.3 is 9.84 Å². The van der Waals surface area contributed by atoms with Crippen LogP contribution in [0.2, 0.25) is 0 Å². The van der Waals surface area contributed by atoms with E-state index in [4.69, 9.17) is 9.72 Å². The highest BCUT2D eigenvalue weighted by Gasteiger charge is 2.22. The minimum absolute atomic E-state index is 0.266.